The third-order valence-corrected chi connectivity index (χ3v) is 2.29. The number of carbonyl (C=O) groups is 1. The van der Waals surface area contributed by atoms with Crippen LogP contribution in [-0.2, 0) is 0 Å². The average Bonchev–Trinajstić information content (AvgIpc) is 2.15. The van der Waals surface area contributed by atoms with Crippen molar-refractivity contribution in [3.05, 3.63) is 40.4 Å². The second-order valence-electron chi connectivity index (χ2n) is 2.42. The number of rotatable bonds is 3. The van der Waals surface area contributed by atoms with Crippen LogP contribution >= 0.6 is 27.5 Å². The number of halogens is 2. The van der Waals surface area contributed by atoms with Gasteiger partial charge in [-0.1, -0.05) is 51.8 Å². The fourth-order valence-electron chi connectivity index (χ4n) is 0.995. The second-order valence-corrected chi connectivity index (χ2v) is 3.47. The fraction of sp³-hybridized carbons (Fsp3) is 0.100. The molecule has 13 heavy (non-hydrogen) atoms. The van der Waals surface area contributed by atoms with Gasteiger partial charge in [0.05, 0.1) is 0 Å². The van der Waals surface area contributed by atoms with Gasteiger partial charge in [-0.15, -0.1) is 0 Å². The molecule has 1 nitrogen and oxygen atoms in total. The van der Waals surface area contributed by atoms with Gasteiger partial charge in [-0.25, -0.2) is 0 Å². The van der Waals surface area contributed by atoms with Crippen molar-refractivity contribution >= 4 is 39.9 Å². The molecule has 0 aliphatic carbocycles. The zero-order valence-corrected chi connectivity index (χ0v) is 9.18. The van der Waals surface area contributed by atoms with Gasteiger partial charge in [0.2, 0.25) is 0 Å². The van der Waals surface area contributed by atoms with E-state index < -0.39 is 0 Å². The summed E-state index contributed by atoms with van der Waals surface area (Å²) in [5.74, 6) is 0. The summed E-state index contributed by atoms with van der Waals surface area (Å²) in [7, 11) is 0. The van der Waals surface area contributed by atoms with Crippen molar-refractivity contribution in [3.8, 4) is 0 Å². The molecule has 0 aliphatic heterocycles. The Morgan fingerprint density at radius 1 is 1.46 bits per heavy atom. The molecule has 0 unspecified atom stereocenters. The Labute approximate surface area is 90.5 Å². The van der Waals surface area contributed by atoms with Gasteiger partial charge in [0, 0.05) is 21.5 Å². The lowest BCUT2D eigenvalue weighted by atomic mass is 10.1. The molecule has 0 heterocycles. The number of allylic oxidation sites excluding steroid dienone is 1. The van der Waals surface area contributed by atoms with Crippen LogP contribution in [-0.4, -0.2) is 11.6 Å². The smallest absolute Gasteiger partial charge is 0.150 e. The summed E-state index contributed by atoms with van der Waals surface area (Å²) in [5, 5.41) is 1.35. The normalized spacial score (nSPS) is 10.6. The summed E-state index contributed by atoms with van der Waals surface area (Å²) in [5.41, 5.74) is 1.39. The van der Waals surface area contributed by atoms with Crippen LogP contribution in [0.2, 0.25) is 5.02 Å². The Bertz CT molecular complexity index is 334. The van der Waals surface area contributed by atoms with E-state index in [-0.39, 0.29) is 0 Å². The van der Waals surface area contributed by atoms with Crippen LogP contribution < -0.4 is 0 Å². The average molecular weight is 260 g/mol. The molecule has 0 radical (unpaired) electrons. The second kappa shape index (κ2) is 5.20. The lowest BCUT2D eigenvalue weighted by Gasteiger charge is -2.00. The molecule has 1 rings (SSSR count). The molecule has 68 valence electrons. The first kappa shape index (κ1) is 10.5. The number of alkyl halides is 1. The summed E-state index contributed by atoms with van der Waals surface area (Å²) in [6.07, 6.45) is 4.54. The van der Waals surface area contributed by atoms with Crippen molar-refractivity contribution in [1.82, 2.24) is 0 Å². The van der Waals surface area contributed by atoms with Gasteiger partial charge in [0.15, 0.2) is 6.29 Å². The molecular weight excluding hydrogens is 251 g/mol. The van der Waals surface area contributed by atoms with E-state index in [2.05, 4.69) is 15.9 Å². The van der Waals surface area contributed by atoms with Gasteiger partial charge < -0.3 is 0 Å². The van der Waals surface area contributed by atoms with Gasteiger partial charge in [-0.2, -0.15) is 0 Å². The van der Waals surface area contributed by atoms with Crippen LogP contribution in [0.15, 0.2) is 24.3 Å². The summed E-state index contributed by atoms with van der Waals surface area (Å²) in [6, 6.07) is 5.27. The Balaban J connectivity index is 3.14. The minimum atomic E-state index is 0.599. The van der Waals surface area contributed by atoms with Crippen LogP contribution in [0.25, 0.3) is 6.08 Å². The molecule has 0 amide bonds. The van der Waals surface area contributed by atoms with Gasteiger partial charge in [0.1, 0.15) is 0 Å². The highest BCUT2D eigenvalue weighted by atomic mass is 79.9. The molecule has 0 aromatic heterocycles. The molecule has 0 aliphatic rings. The number of hydrogen-bond acceptors (Lipinski definition) is 1. The SMILES string of the molecule is O=Cc1cccc(Cl)c1C=CCBr. The molecule has 1 aromatic carbocycles. The van der Waals surface area contributed by atoms with Crippen molar-refractivity contribution in [2.24, 2.45) is 0 Å². The Morgan fingerprint density at radius 2 is 2.23 bits per heavy atom. The van der Waals surface area contributed by atoms with E-state index in [0.29, 0.717) is 10.6 Å². The van der Waals surface area contributed by atoms with E-state index in [1.807, 2.05) is 12.2 Å². The van der Waals surface area contributed by atoms with E-state index >= 15 is 0 Å². The Hall–Kier alpha value is -0.600. The standard InChI is InChI=1S/C10H8BrClO/c11-6-2-4-9-8(7-13)3-1-5-10(9)12/h1-5,7H,6H2. The predicted octanol–water partition coefficient (Wildman–Crippen LogP) is 3.56. The summed E-state index contributed by atoms with van der Waals surface area (Å²) < 4.78 is 0. The first-order valence-corrected chi connectivity index (χ1v) is 5.25. The number of benzene rings is 1. The van der Waals surface area contributed by atoms with Gasteiger partial charge in [0.25, 0.3) is 0 Å². The monoisotopic (exact) mass is 258 g/mol. The van der Waals surface area contributed by atoms with E-state index in [4.69, 9.17) is 11.6 Å². The molecule has 0 bridgehead atoms. The molecule has 3 heteroatoms. The quantitative estimate of drug-likeness (QED) is 0.599. The molecule has 0 N–H and O–H groups in total. The minimum absolute atomic E-state index is 0.599. The zero-order chi connectivity index (χ0) is 9.68. The van der Waals surface area contributed by atoms with Crippen LogP contribution in [0.4, 0.5) is 0 Å². The van der Waals surface area contributed by atoms with Gasteiger partial charge >= 0.3 is 0 Å². The lowest BCUT2D eigenvalue weighted by Crippen LogP contribution is -1.86. The first-order chi connectivity index (χ1) is 6.29. The molecule has 0 saturated carbocycles. The van der Waals surface area contributed by atoms with Gasteiger partial charge in [-0.05, 0) is 6.07 Å². The van der Waals surface area contributed by atoms with Crippen LogP contribution in [0.1, 0.15) is 15.9 Å². The van der Waals surface area contributed by atoms with Crippen molar-refractivity contribution in [2.45, 2.75) is 0 Å². The van der Waals surface area contributed by atoms with E-state index in [9.17, 15) is 4.79 Å². The summed E-state index contributed by atoms with van der Waals surface area (Å²) in [4.78, 5) is 10.6. The van der Waals surface area contributed by atoms with Crippen molar-refractivity contribution < 1.29 is 4.79 Å². The lowest BCUT2D eigenvalue weighted by molar-refractivity contribution is 0.112. The molecule has 0 spiro atoms. The maximum atomic E-state index is 10.6. The summed E-state index contributed by atoms with van der Waals surface area (Å²) in [6.45, 7) is 0. The number of aldehydes is 1. The molecule has 0 atom stereocenters. The van der Waals surface area contributed by atoms with Crippen LogP contribution in [0.3, 0.4) is 0 Å². The highest BCUT2D eigenvalue weighted by Crippen LogP contribution is 2.20. The van der Waals surface area contributed by atoms with Gasteiger partial charge in [-0.3, -0.25) is 4.79 Å². The molecular formula is C10H8BrClO. The summed E-state index contributed by atoms with van der Waals surface area (Å²) >= 11 is 9.18. The van der Waals surface area contributed by atoms with Crippen molar-refractivity contribution in [1.29, 1.82) is 0 Å². The molecule has 0 saturated heterocycles. The minimum Gasteiger partial charge on any atom is -0.298 e. The molecule has 0 fully saturated rings. The van der Waals surface area contributed by atoms with Crippen LogP contribution in [0.5, 0.6) is 0 Å². The van der Waals surface area contributed by atoms with E-state index in [1.54, 1.807) is 18.2 Å². The number of hydrogen-bond donors (Lipinski definition) is 0. The fourth-order valence-corrected chi connectivity index (χ4v) is 1.43. The first-order valence-electron chi connectivity index (χ1n) is 3.75. The largest absolute Gasteiger partial charge is 0.298 e. The third kappa shape index (κ3) is 2.68. The van der Waals surface area contributed by atoms with Crippen molar-refractivity contribution in [3.63, 3.8) is 0 Å². The Morgan fingerprint density at radius 3 is 2.85 bits per heavy atom. The number of carbonyl (C=O) groups excluding carboxylic acids is 1. The van der Waals surface area contributed by atoms with Crippen molar-refractivity contribution in [2.75, 3.05) is 5.33 Å². The highest BCUT2D eigenvalue weighted by molar-refractivity contribution is 9.09. The Kier molecular flexibility index (Phi) is 4.19. The maximum Gasteiger partial charge on any atom is 0.150 e. The molecule has 1 aromatic rings. The topological polar surface area (TPSA) is 17.1 Å². The van der Waals surface area contributed by atoms with E-state index in [0.717, 1.165) is 17.2 Å². The predicted molar refractivity (Wildman–Crippen MR) is 59.7 cm³/mol. The van der Waals surface area contributed by atoms with Crippen LogP contribution in [0, 0.1) is 0 Å². The third-order valence-electron chi connectivity index (χ3n) is 1.59. The highest BCUT2D eigenvalue weighted by Gasteiger charge is 2.01. The maximum absolute atomic E-state index is 10.6. The van der Waals surface area contributed by atoms with E-state index in [1.165, 1.54) is 0 Å². The zero-order valence-electron chi connectivity index (χ0n) is 6.84.